The van der Waals surface area contributed by atoms with E-state index in [0.717, 1.165) is 5.56 Å². The van der Waals surface area contributed by atoms with Crippen molar-refractivity contribution in [3.05, 3.63) is 65.4 Å². The number of esters is 1. The van der Waals surface area contributed by atoms with Crippen LogP contribution in [0.15, 0.2) is 58.7 Å². The van der Waals surface area contributed by atoms with E-state index in [-0.39, 0.29) is 19.0 Å². The second-order valence-electron chi connectivity index (χ2n) is 8.86. The monoisotopic (exact) mass is 442 g/mol. The second-order valence-corrected chi connectivity index (χ2v) is 13.8. The summed E-state index contributed by atoms with van der Waals surface area (Å²) >= 11 is 0. The van der Waals surface area contributed by atoms with Crippen LogP contribution in [0.4, 0.5) is 0 Å². The molecule has 1 heterocycles. The number of aliphatic hydroxyl groups is 1. The van der Waals surface area contributed by atoms with Gasteiger partial charge in [-0.05, 0) is 31.1 Å². The third-order valence-corrected chi connectivity index (χ3v) is 7.24. The molecule has 0 amide bonds. The number of Topliss-reactive ketones (excluding diaryl/α,β-unsaturated/α-hetero) is 1. The molecule has 0 spiro atoms. The quantitative estimate of drug-likeness (QED) is 0.523. The molecule has 7 heteroatoms. The minimum atomic E-state index is -2.06. The van der Waals surface area contributed by atoms with Gasteiger partial charge < -0.3 is 19.0 Å². The Kier molecular flexibility index (Phi) is 6.69. The molecule has 0 aliphatic heterocycles. The molecule has 6 nitrogen and oxygen atoms in total. The fraction of sp³-hybridized carbons (Fsp3) is 0.417. The smallest absolute Gasteiger partial charge is 0.316 e. The van der Waals surface area contributed by atoms with Crippen LogP contribution in [0.1, 0.15) is 25.0 Å². The Balaban J connectivity index is 2.14. The number of carbonyl (C=O) groups excluding carboxylic acids is 2. The van der Waals surface area contributed by atoms with Crippen molar-refractivity contribution in [3.63, 3.8) is 0 Å². The number of benzene rings is 1. The summed E-state index contributed by atoms with van der Waals surface area (Å²) in [6.45, 7) is 9.82. The summed E-state index contributed by atoms with van der Waals surface area (Å²) in [7, 11) is -2.06. The molecular formula is C24H30O6Si. The minimum Gasteiger partial charge on any atom is -0.474 e. The molecule has 31 heavy (non-hydrogen) atoms. The molecule has 3 rings (SSSR count). The molecule has 166 valence electrons. The normalized spacial score (nSPS) is 24.1. The van der Waals surface area contributed by atoms with Crippen molar-refractivity contribution in [2.24, 2.45) is 5.92 Å². The Bertz CT molecular complexity index is 971. The lowest BCUT2D eigenvalue weighted by atomic mass is 9.71. The molecule has 0 fully saturated rings. The lowest BCUT2D eigenvalue weighted by Crippen LogP contribution is -2.59. The van der Waals surface area contributed by atoms with Gasteiger partial charge in [0, 0.05) is 5.56 Å². The van der Waals surface area contributed by atoms with Gasteiger partial charge in [-0.1, -0.05) is 56.0 Å². The van der Waals surface area contributed by atoms with E-state index in [1.54, 1.807) is 19.9 Å². The maximum Gasteiger partial charge on any atom is 0.316 e. The molecule has 1 aliphatic carbocycles. The number of carbonyl (C=O) groups is 2. The molecule has 1 aliphatic rings. The number of hydrogen-bond donors (Lipinski definition) is 1. The largest absolute Gasteiger partial charge is 0.474 e. The lowest BCUT2D eigenvalue weighted by molar-refractivity contribution is -0.181. The molecule has 0 unspecified atom stereocenters. The zero-order chi connectivity index (χ0) is 22.8. The Morgan fingerprint density at radius 2 is 1.87 bits per heavy atom. The second kappa shape index (κ2) is 8.94. The van der Waals surface area contributed by atoms with Gasteiger partial charge in [0.25, 0.3) is 0 Å². The van der Waals surface area contributed by atoms with Crippen LogP contribution in [0.25, 0.3) is 0 Å². The van der Waals surface area contributed by atoms with Crippen molar-refractivity contribution in [1.82, 2.24) is 0 Å². The zero-order valence-corrected chi connectivity index (χ0v) is 19.7. The number of furan rings is 1. The molecule has 0 saturated heterocycles. The topological polar surface area (TPSA) is 86.0 Å². The summed E-state index contributed by atoms with van der Waals surface area (Å²) < 4.78 is 17.1. The summed E-state index contributed by atoms with van der Waals surface area (Å²) in [6, 6.07) is 11.0. The van der Waals surface area contributed by atoms with Crippen LogP contribution in [-0.2, 0) is 31.3 Å². The highest BCUT2D eigenvalue weighted by Gasteiger charge is 2.57. The standard InChI is InChI=1S/C24H30O6Si/c1-6-28-22(26)19-14-16(2)20(25)21(30-15-17-10-8-7-9-11-17)24(19,27)18-12-13-29-23(18)31(3,4)5/h7-14,19,21,27H,6,15H2,1-5H3/t19-,21-,24+/m0/s1. The Morgan fingerprint density at radius 3 is 2.48 bits per heavy atom. The summed E-state index contributed by atoms with van der Waals surface area (Å²) in [4.78, 5) is 26.1. The first-order chi connectivity index (χ1) is 14.6. The number of rotatable bonds is 7. The van der Waals surface area contributed by atoms with E-state index in [0.29, 0.717) is 16.5 Å². The first-order valence-corrected chi connectivity index (χ1v) is 14.0. The average molecular weight is 443 g/mol. The Hall–Kier alpha value is -2.48. The van der Waals surface area contributed by atoms with E-state index in [1.807, 2.05) is 30.3 Å². The van der Waals surface area contributed by atoms with Gasteiger partial charge in [0.2, 0.25) is 0 Å². The van der Waals surface area contributed by atoms with Gasteiger partial charge in [0.05, 0.1) is 24.9 Å². The van der Waals surface area contributed by atoms with Crippen molar-refractivity contribution in [2.75, 3.05) is 6.61 Å². The van der Waals surface area contributed by atoms with Crippen molar-refractivity contribution >= 4 is 25.2 Å². The molecule has 0 radical (unpaired) electrons. The van der Waals surface area contributed by atoms with Gasteiger partial charge in [0.1, 0.15) is 19.6 Å². The molecule has 2 aromatic rings. The number of ether oxygens (including phenoxy) is 2. The fourth-order valence-corrected chi connectivity index (χ4v) is 5.49. The van der Waals surface area contributed by atoms with Crippen molar-refractivity contribution in [1.29, 1.82) is 0 Å². The van der Waals surface area contributed by atoms with E-state index in [1.165, 1.54) is 12.3 Å². The van der Waals surface area contributed by atoms with Crippen molar-refractivity contribution in [2.45, 2.75) is 51.8 Å². The van der Waals surface area contributed by atoms with Gasteiger partial charge in [0.15, 0.2) is 11.9 Å². The zero-order valence-electron chi connectivity index (χ0n) is 18.7. The van der Waals surface area contributed by atoms with Crippen molar-refractivity contribution < 1.29 is 28.6 Å². The van der Waals surface area contributed by atoms with E-state index >= 15 is 0 Å². The van der Waals surface area contributed by atoms with Crippen LogP contribution in [0.5, 0.6) is 0 Å². The Morgan fingerprint density at radius 1 is 1.19 bits per heavy atom. The minimum absolute atomic E-state index is 0.114. The Labute approximate surface area is 183 Å². The highest BCUT2D eigenvalue weighted by atomic mass is 28.3. The molecule has 1 N–H and O–H groups in total. The van der Waals surface area contributed by atoms with Gasteiger partial charge in [-0.15, -0.1) is 0 Å². The molecular weight excluding hydrogens is 412 g/mol. The van der Waals surface area contributed by atoms with Crippen LogP contribution in [0.3, 0.4) is 0 Å². The molecule has 1 aromatic heterocycles. The van der Waals surface area contributed by atoms with Crippen LogP contribution in [0.2, 0.25) is 19.6 Å². The van der Waals surface area contributed by atoms with Crippen LogP contribution in [0, 0.1) is 5.92 Å². The third-order valence-electron chi connectivity index (χ3n) is 5.50. The van der Waals surface area contributed by atoms with Crippen molar-refractivity contribution in [3.8, 4) is 0 Å². The summed E-state index contributed by atoms with van der Waals surface area (Å²) in [5.74, 6) is -2.06. The summed E-state index contributed by atoms with van der Waals surface area (Å²) in [6.07, 6.45) is 1.70. The maximum atomic E-state index is 13.2. The molecule has 0 bridgehead atoms. The third kappa shape index (κ3) is 4.44. The SMILES string of the molecule is CCOC(=O)[C@@H]1C=C(C)C(=O)[C@H](OCc2ccccc2)[C@@]1(O)c1ccoc1[Si](C)(C)C. The lowest BCUT2D eigenvalue weighted by Gasteiger charge is -2.42. The van der Waals surface area contributed by atoms with Crippen LogP contribution in [-0.4, -0.2) is 37.6 Å². The highest BCUT2D eigenvalue weighted by Crippen LogP contribution is 2.42. The predicted octanol–water partition coefficient (Wildman–Crippen LogP) is 3.31. The molecule has 3 atom stereocenters. The predicted molar refractivity (Wildman–Crippen MR) is 119 cm³/mol. The number of ketones is 1. The maximum absolute atomic E-state index is 13.2. The van der Waals surface area contributed by atoms with E-state index in [2.05, 4.69) is 19.6 Å². The van der Waals surface area contributed by atoms with Gasteiger partial charge in [-0.2, -0.15) is 0 Å². The summed E-state index contributed by atoms with van der Waals surface area (Å²) in [5.41, 5.74) is -0.311. The highest BCUT2D eigenvalue weighted by molar-refractivity contribution is 6.88. The van der Waals surface area contributed by atoms with Gasteiger partial charge in [-0.25, -0.2) is 0 Å². The number of hydrogen-bond acceptors (Lipinski definition) is 6. The first kappa shape index (κ1) is 23.2. The van der Waals surface area contributed by atoms with Crippen LogP contribution >= 0.6 is 0 Å². The average Bonchev–Trinajstić information content (AvgIpc) is 3.23. The van der Waals surface area contributed by atoms with Gasteiger partial charge >= 0.3 is 5.97 Å². The first-order valence-electron chi connectivity index (χ1n) is 10.5. The molecule has 0 saturated carbocycles. The van der Waals surface area contributed by atoms with E-state index in [9.17, 15) is 14.7 Å². The van der Waals surface area contributed by atoms with Crippen LogP contribution < -0.4 is 5.38 Å². The molecule has 1 aromatic carbocycles. The summed E-state index contributed by atoms with van der Waals surface area (Å²) in [5, 5.41) is 12.8. The fourth-order valence-electron chi connectivity index (χ4n) is 3.98. The van der Waals surface area contributed by atoms with E-state index < -0.39 is 31.7 Å². The van der Waals surface area contributed by atoms with Gasteiger partial charge in [-0.3, -0.25) is 9.59 Å². The van der Waals surface area contributed by atoms with E-state index in [4.69, 9.17) is 13.9 Å².